The molecule has 0 aliphatic carbocycles. The normalized spacial score (nSPS) is 11.5. The van der Waals surface area contributed by atoms with Crippen LogP contribution in [0.5, 0.6) is 23.0 Å². The molecule has 1 amide bonds. The summed E-state index contributed by atoms with van der Waals surface area (Å²) in [5.74, 6) is -0.215. The molecule has 0 spiro atoms. The maximum atomic E-state index is 12.7. The van der Waals surface area contributed by atoms with Crippen LogP contribution in [0.2, 0.25) is 0 Å². The van der Waals surface area contributed by atoms with E-state index in [0.717, 1.165) is 5.56 Å². The highest BCUT2D eigenvalue weighted by Crippen LogP contribution is 2.24. The number of ether oxygens (including phenoxy) is 3. The summed E-state index contributed by atoms with van der Waals surface area (Å²) >= 11 is 0. The molecule has 1 aromatic heterocycles. The van der Waals surface area contributed by atoms with Gasteiger partial charge in [-0.25, -0.2) is 4.79 Å². The molecular weight excluding hydrogens is 466 g/mol. The van der Waals surface area contributed by atoms with Crippen molar-refractivity contribution in [3.63, 3.8) is 0 Å². The Morgan fingerprint density at radius 1 is 1.00 bits per heavy atom. The lowest BCUT2D eigenvalue weighted by Gasteiger charge is -2.17. The number of phenols is 1. The largest absolute Gasteiger partial charge is 0.508 e. The van der Waals surface area contributed by atoms with E-state index in [-0.39, 0.29) is 35.5 Å². The highest BCUT2D eigenvalue weighted by Gasteiger charge is 2.22. The van der Waals surface area contributed by atoms with E-state index in [1.165, 1.54) is 43.7 Å². The molecule has 3 aromatic carbocycles. The lowest BCUT2D eigenvalue weighted by molar-refractivity contribution is -0.145. The van der Waals surface area contributed by atoms with Gasteiger partial charge in [0.1, 0.15) is 35.1 Å². The third-order valence-electron chi connectivity index (χ3n) is 5.25. The minimum absolute atomic E-state index is 0.0456. The van der Waals surface area contributed by atoms with Crippen molar-refractivity contribution in [1.29, 1.82) is 0 Å². The van der Waals surface area contributed by atoms with E-state index in [1.807, 2.05) is 6.07 Å². The standard InChI is InChI=1S/C27H23NO8/c1-33-27(32)22(13-17-7-9-18(29)10-8-17)28-25(30)16-34-20-11-12-21-23(14-20)35-15-24(26(21)31)36-19-5-3-2-4-6-19/h2-12,14-15,22,29H,13,16H2,1H3,(H,28,30). The number of rotatable bonds is 9. The number of hydrogen-bond acceptors (Lipinski definition) is 8. The van der Waals surface area contributed by atoms with Gasteiger partial charge in [0.25, 0.3) is 5.91 Å². The summed E-state index contributed by atoms with van der Waals surface area (Å²) in [4.78, 5) is 37.3. The Labute approximate surface area is 205 Å². The number of fused-ring (bicyclic) bond motifs is 1. The summed E-state index contributed by atoms with van der Waals surface area (Å²) in [6, 6.07) is 18.7. The summed E-state index contributed by atoms with van der Waals surface area (Å²) in [5.41, 5.74) is 0.641. The van der Waals surface area contributed by atoms with E-state index >= 15 is 0 Å². The van der Waals surface area contributed by atoms with Crippen LogP contribution in [0.3, 0.4) is 0 Å². The quantitative estimate of drug-likeness (QED) is 0.342. The molecule has 184 valence electrons. The fourth-order valence-corrected chi connectivity index (χ4v) is 3.45. The van der Waals surface area contributed by atoms with Crippen LogP contribution in [-0.4, -0.2) is 36.7 Å². The molecule has 1 heterocycles. The Bertz CT molecular complexity index is 1410. The topological polar surface area (TPSA) is 124 Å². The van der Waals surface area contributed by atoms with Crippen LogP contribution < -0.4 is 20.2 Å². The zero-order valence-corrected chi connectivity index (χ0v) is 19.3. The zero-order valence-electron chi connectivity index (χ0n) is 19.3. The van der Waals surface area contributed by atoms with Gasteiger partial charge in [0.05, 0.1) is 12.5 Å². The lowest BCUT2D eigenvalue weighted by Crippen LogP contribution is -2.44. The molecule has 0 saturated carbocycles. The number of amides is 1. The van der Waals surface area contributed by atoms with Crippen LogP contribution >= 0.6 is 0 Å². The van der Waals surface area contributed by atoms with Crippen molar-refractivity contribution in [3.05, 3.63) is 94.8 Å². The van der Waals surface area contributed by atoms with E-state index in [4.69, 9.17) is 18.6 Å². The maximum Gasteiger partial charge on any atom is 0.328 e. The summed E-state index contributed by atoms with van der Waals surface area (Å²) in [7, 11) is 1.23. The van der Waals surface area contributed by atoms with Crippen LogP contribution in [0.1, 0.15) is 5.56 Å². The van der Waals surface area contributed by atoms with Gasteiger partial charge in [-0.2, -0.15) is 0 Å². The first-order valence-electron chi connectivity index (χ1n) is 11.0. The predicted molar refractivity (Wildman–Crippen MR) is 130 cm³/mol. The van der Waals surface area contributed by atoms with Crippen molar-refractivity contribution in [3.8, 4) is 23.0 Å². The van der Waals surface area contributed by atoms with Gasteiger partial charge in [-0.3, -0.25) is 9.59 Å². The molecule has 9 nitrogen and oxygen atoms in total. The summed E-state index contributed by atoms with van der Waals surface area (Å²) in [6.45, 7) is -0.381. The molecule has 0 saturated heterocycles. The fourth-order valence-electron chi connectivity index (χ4n) is 3.45. The number of carbonyl (C=O) groups is 2. The van der Waals surface area contributed by atoms with Crippen LogP contribution in [0.15, 0.2) is 88.3 Å². The second-order valence-electron chi connectivity index (χ2n) is 7.80. The first kappa shape index (κ1) is 24.3. The molecule has 0 radical (unpaired) electrons. The molecule has 1 atom stereocenters. The molecule has 4 rings (SSSR count). The highest BCUT2D eigenvalue weighted by atomic mass is 16.5. The number of para-hydroxylation sites is 1. The molecule has 0 aliphatic rings. The van der Waals surface area contributed by atoms with Crippen LogP contribution in [0.25, 0.3) is 11.0 Å². The number of esters is 1. The Morgan fingerprint density at radius 3 is 2.47 bits per heavy atom. The van der Waals surface area contributed by atoms with Crippen molar-refractivity contribution < 1.29 is 33.3 Å². The highest BCUT2D eigenvalue weighted by molar-refractivity contribution is 5.85. The lowest BCUT2D eigenvalue weighted by atomic mass is 10.1. The number of phenolic OH excluding ortho intramolecular Hbond substituents is 1. The van der Waals surface area contributed by atoms with Crippen molar-refractivity contribution in [2.24, 2.45) is 0 Å². The van der Waals surface area contributed by atoms with E-state index in [9.17, 15) is 19.5 Å². The number of nitrogens with one attached hydrogen (secondary N) is 1. The molecule has 4 aromatic rings. The van der Waals surface area contributed by atoms with E-state index in [1.54, 1.807) is 36.4 Å². The van der Waals surface area contributed by atoms with Crippen LogP contribution in [-0.2, 0) is 20.7 Å². The summed E-state index contributed by atoms with van der Waals surface area (Å²) in [5, 5.41) is 12.3. The van der Waals surface area contributed by atoms with Gasteiger partial charge in [0.2, 0.25) is 11.2 Å². The smallest absolute Gasteiger partial charge is 0.328 e. The van der Waals surface area contributed by atoms with Crippen molar-refractivity contribution >= 4 is 22.8 Å². The molecule has 0 aliphatic heterocycles. The first-order valence-corrected chi connectivity index (χ1v) is 11.0. The number of methoxy groups -OCH3 is 1. The number of carbonyl (C=O) groups excluding carboxylic acids is 2. The van der Waals surface area contributed by atoms with Gasteiger partial charge in [-0.05, 0) is 42.0 Å². The average Bonchev–Trinajstić information content (AvgIpc) is 2.90. The second kappa shape index (κ2) is 11.1. The van der Waals surface area contributed by atoms with Gasteiger partial charge >= 0.3 is 5.97 Å². The SMILES string of the molecule is COC(=O)C(Cc1ccc(O)cc1)NC(=O)COc1ccc2c(=O)c(Oc3ccccc3)coc2c1. The molecule has 0 bridgehead atoms. The van der Waals surface area contributed by atoms with Gasteiger partial charge in [-0.1, -0.05) is 30.3 Å². The third kappa shape index (κ3) is 6.01. The number of benzene rings is 3. The second-order valence-corrected chi connectivity index (χ2v) is 7.80. The number of aromatic hydroxyl groups is 1. The van der Waals surface area contributed by atoms with Crippen molar-refractivity contribution in [2.75, 3.05) is 13.7 Å². The monoisotopic (exact) mass is 489 g/mol. The molecular formula is C27H23NO8. The fraction of sp³-hybridized carbons (Fsp3) is 0.148. The minimum atomic E-state index is -0.937. The number of hydrogen-bond donors (Lipinski definition) is 2. The predicted octanol–water partition coefficient (Wildman–Crippen LogP) is 3.57. The Balaban J connectivity index is 1.40. The Morgan fingerprint density at radius 2 is 1.75 bits per heavy atom. The summed E-state index contributed by atoms with van der Waals surface area (Å²) < 4.78 is 21.5. The van der Waals surface area contributed by atoms with Gasteiger partial charge in [-0.15, -0.1) is 0 Å². The van der Waals surface area contributed by atoms with E-state index < -0.39 is 17.9 Å². The maximum absolute atomic E-state index is 12.7. The molecule has 36 heavy (non-hydrogen) atoms. The minimum Gasteiger partial charge on any atom is -0.508 e. The van der Waals surface area contributed by atoms with Gasteiger partial charge in [0.15, 0.2) is 6.61 Å². The third-order valence-corrected chi connectivity index (χ3v) is 5.25. The average molecular weight is 489 g/mol. The van der Waals surface area contributed by atoms with Crippen molar-refractivity contribution in [2.45, 2.75) is 12.5 Å². The Kier molecular flexibility index (Phi) is 7.50. The van der Waals surface area contributed by atoms with Crippen LogP contribution in [0, 0.1) is 0 Å². The Hall–Kier alpha value is -4.79. The molecule has 0 fully saturated rings. The first-order chi connectivity index (χ1) is 17.4. The van der Waals surface area contributed by atoms with Crippen LogP contribution in [0.4, 0.5) is 0 Å². The van der Waals surface area contributed by atoms with Gasteiger partial charge in [0, 0.05) is 12.5 Å². The van der Waals surface area contributed by atoms with Crippen molar-refractivity contribution in [1.82, 2.24) is 5.32 Å². The van der Waals surface area contributed by atoms with E-state index in [2.05, 4.69) is 5.32 Å². The molecule has 1 unspecified atom stereocenters. The molecule has 2 N–H and O–H groups in total. The van der Waals surface area contributed by atoms with Gasteiger partial charge < -0.3 is 29.1 Å². The summed E-state index contributed by atoms with van der Waals surface area (Å²) in [6.07, 6.45) is 1.39. The zero-order chi connectivity index (χ0) is 25.5. The molecule has 9 heteroatoms. The van der Waals surface area contributed by atoms with E-state index in [0.29, 0.717) is 16.9 Å².